The number of amides is 1. The zero-order chi connectivity index (χ0) is 25.2. The quantitative estimate of drug-likeness (QED) is 0.142. The fourth-order valence-corrected chi connectivity index (χ4v) is 8.47. The van der Waals surface area contributed by atoms with Crippen molar-refractivity contribution >= 4 is 61.5 Å². The Bertz CT molecular complexity index is 1400. The van der Waals surface area contributed by atoms with E-state index in [4.69, 9.17) is 9.72 Å². The first kappa shape index (κ1) is 25.2. The van der Waals surface area contributed by atoms with Gasteiger partial charge in [-0.25, -0.2) is 9.78 Å². The van der Waals surface area contributed by atoms with Gasteiger partial charge in [-0.3, -0.25) is 14.2 Å². The lowest BCUT2D eigenvalue weighted by Gasteiger charge is -2.12. The number of thioether (sulfide) groups is 1. The number of rotatable bonds is 7. The summed E-state index contributed by atoms with van der Waals surface area (Å²) in [7, 11) is 1.37. The van der Waals surface area contributed by atoms with Crippen molar-refractivity contribution in [2.75, 3.05) is 18.2 Å². The molecule has 0 spiro atoms. The van der Waals surface area contributed by atoms with Crippen LogP contribution in [0.5, 0.6) is 0 Å². The number of nitrogens with zero attached hydrogens (tertiary/aromatic N) is 2. The molecule has 0 saturated heterocycles. The first-order valence-corrected chi connectivity index (χ1v) is 14.9. The maximum Gasteiger partial charge on any atom is 0.341 e. The van der Waals surface area contributed by atoms with E-state index in [9.17, 15) is 14.4 Å². The molecule has 0 unspecified atom stereocenters. The second kappa shape index (κ2) is 10.9. The number of anilines is 1. The molecule has 3 aromatic rings. The lowest BCUT2D eigenvalue weighted by atomic mass is 9.97. The zero-order valence-corrected chi connectivity index (χ0v) is 22.8. The predicted molar refractivity (Wildman–Crippen MR) is 147 cm³/mol. The van der Waals surface area contributed by atoms with Crippen LogP contribution in [0.3, 0.4) is 0 Å². The molecule has 0 atom stereocenters. The van der Waals surface area contributed by atoms with Crippen LogP contribution in [0.4, 0.5) is 5.00 Å². The molecule has 0 saturated carbocycles. The summed E-state index contributed by atoms with van der Waals surface area (Å²) in [5, 5.41) is 4.74. The van der Waals surface area contributed by atoms with Gasteiger partial charge in [0, 0.05) is 16.3 Å². The maximum atomic E-state index is 13.4. The van der Waals surface area contributed by atoms with Gasteiger partial charge >= 0.3 is 5.97 Å². The molecule has 2 aliphatic carbocycles. The molecule has 0 radical (unpaired) electrons. The van der Waals surface area contributed by atoms with E-state index >= 15 is 0 Å². The lowest BCUT2D eigenvalue weighted by molar-refractivity contribution is -0.113. The molecule has 0 bridgehead atoms. The number of hydrogen-bond acceptors (Lipinski definition) is 8. The SMILES string of the molecule is C=CCn1c(SCC(=O)Nc2sc3c(c2C(=O)OC)CCCCC3)nc2sc3c(c2c1=O)CCCC3. The van der Waals surface area contributed by atoms with E-state index in [-0.39, 0.29) is 17.2 Å². The number of ether oxygens (including phenoxy) is 1. The van der Waals surface area contributed by atoms with Gasteiger partial charge in [-0.05, 0) is 62.5 Å². The largest absolute Gasteiger partial charge is 0.465 e. The zero-order valence-electron chi connectivity index (χ0n) is 20.3. The van der Waals surface area contributed by atoms with Crippen molar-refractivity contribution in [3.8, 4) is 0 Å². The Kier molecular flexibility index (Phi) is 7.64. The van der Waals surface area contributed by atoms with Crippen molar-refractivity contribution in [3.05, 3.63) is 49.5 Å². The molecule has 2 aliphatic rings. The molecule has 3 heterocycles. The number of methoxy groups -OCH3 is 1. The fraction of sp³-hybridized carbons (Fsp3) is 0.462. The molecule has 10 heteroatoms. The minimum atomic E-state index is -0.411. The average molecular weight is 544 g/mol. The van der Waals surface area contributed by atoms with E-state index in [1.807, 2.05) is 0 Å². The standard InChI is InChI=1S/C26H29N3O4S3/c1-3-13-29-24(31)20-15-10-7-8-12-17(15)35-22(20)28-26(29)34-14-19(30)27-23-21(25(32)33-2)16-9-5-4-6-11-18(16)36-23/h3H,1,4-14H2,2H3,(H,27,30). The summed E-state index contributed by atoms with van der Waals surface area (Å²) in [6.07, 6.45) is 10.8. The van der Waals surface area contributed by atoms with Gasteiger partial charge in [0.25, 0.3) is 5.56 Å². The molecule has 0 aliphatic heterocycles. The van der Waals surface area contributed by atoms with Gasteiger partial charge < -0.3 is 10.1 Å². The monoisotopic (exact) mass is 543 g/mol. The number of allylic oxidation sites excluding steroid dienone is 1. The third-order valence-electron chi connectivity index (χ3n) is 6.75. The number of carbonyl (C=O) groups is 2. The summed E-state index contributed by atoms with van der Waals surface area (Å²) in [6, 6.07) is 0. The number of thiophene rings is 2. The average Bonchev–Trinajstić information content (AvgIpc) is 3.32. The van der Waals surface area contributed by atoms with E-state index in [1.165, 1.54) is 35.1 Å². The van der Waals surface area contributed by atoms with Crippen molar-refractivity contribution in [2.45, 2.75) is 69.5 Å². The minimum Gasteiger partial charge on any atom is -0.465 e. The van der Waals surface area contributed by atoms with Crippen LogP contribution < -0.4 is 10.9 Å². The number of hydrogen-bond donors (Lipinski definition) is 1. The normalized spacial score (nSPS) is 15.1. The Labute approximate surface area is 222 Å². The fourth-order valence-electron chi connectivity index (χ4n) is 5.06. The molecule has 1 amide bonds. The van der Waals surface area contributed by atoms with Crippen LogP contribution in [0, 0.1) is 0 Å². The Morgan fingerprint density at radius 2 is 1.78 bits per heavy atom. The lowest BCUT2D eigenvalue weighted by Crippen LogP contribution is -2.24. The number of esters is 1. The molecule has 5 rings (SSSR count). The Balaban J connectivity index is 1.40. The van der Waals surface area contributed by atoms with Gasteiger partial charge in [0.1, 0.15) is 9.83 Å². The van der Waals surface area contributed by atoms with Crippen molar-refractivity contribution in [1.29, 1.82) is 0 Å². The van der Waals surface area contributed by atoms with Crippen LogP contribution in [0.25, 0.3) is 10.2 Å². The molecule has 36 heavy (non-hydrogen) atoms. The van der Waals surface area contributed by atoms with E-state index in [0.29, 0.717) is 22.3 Å². The highest BCUT2D eigenvalue weighted by atomic mass is 32.2. The van der Waals surface area contributed by atoms with Gasteiger partial charge in [0.2, 0.25) is 5.91 Å². The highest BCUT2D eigenvalue weighted by molar-refractivity contribution is 7.99. The van der Waals surface area contributed by atoms with E-state index in [0.717, 1.165) is 84.0 Å². The van der Waals surface area contributed by atoms with Gasteiger partial charge in [0.15, 0.2) is 5.16 Å². The summed E-state index contributed by atoms with van der Waals surface area (Å²) in [5.74, 6) is -0.582. The van der Waals surface area contributed by atoms with Gasteiger partial charge in [-0.1, -0.05) is 24.3 Å². The Morgan fingerprint density at radius 1 is 1.08 bits per heavy atom. The molecule has 0 aromatic carbocycles. The number of aromatic nitrogens is 2. The topological polar surface area (TPSA) is 90.3 Å². The third kappa shape index (κ3) is 4.78. The van der Waals surface area contributed by atoms with Crippen LogP contribution in [0.2, 0.25) is 0 Å². The summed E-state index contributed by atoms with van der Waals surface area (Å²) in [6.45, 7) is 4.14. The smallest absolute Gasteiger partial charge is 0.341 e. The highest BCUT2D eigenvalue weighted by Gasteiger charge is 2.27. The van der Waals surface area contributed by atoms with Gasteiger partial charge in [-0.15, -0.1) is 29.3 Å². The Morgan fingerprint density at radius 3 is 2.56 bits per heavy atom. The Hall–Kier alpha value is -2.43. The van der Waals surface area contributed by atoms with Crippen molar-refractivity contribution < 1.29 is 14.3 Å². The molecule has 0 fully saturated rings. The molecule has 3 aromatic heterocycles. The van der Waals surface area contributed by atoms with E-state index in [2.05, 4.69) is 11.9 Å². The summed E-state index contributed by atoms with van der Waals surface area (Å²) in [5.41, 5.74) is 2.60. The number of fused-ring (bicyclic) bond motifs is 4. The summed E-state index contributed by atoms with van der Waals surface area (Å²) in [4.78, 5) is 47.0. The number of nitrogens with one attached hydrogen (secondary N) is 1. The first-order valence-electron chi connectivity index (χ1n) is 12.3. The maximum absolute atomic E-state index is 13.4. The van der Waals surface area contributed by atoms with Crippen molar-refractivity contribution in [3.63, 3.8) is 0 Å². The van der Waals surface area contributed by atoms with Crippen molar-refractivity contribution in [2.24, 2.45) is 0 Å². The van der Waals surface area contributed by atoms with Crippen LogP contribution in [0.15, 0.2) is 22.6 Å². The molecule has 1 N–H and O–H groups in total. The van der Waals surface area contributed by atoms with Crippen molar-refractivity contribution in [1.82, 2.24) is 9.55 Å². The second-order valence-corrected chi connectivity index (χ2v) is 12.2. The van der Waals surface area contributed by atoms with Crippen LogP contribution in [0.1, 0.15) is 63.3 Å². The van der Waals surface area contributed by atoms with Crippen LogP contribution in [-0.2, 0) is 41.8 Å². The predicted octanol–water partition coefficient (Wildman–Crippen LogP) is 5.37. The number of carbonyl (C=O) groups excluding carboxylic acids is 2. The van der Waals surface area contributed by atoms with E-state index < -0.39 is 5.97 Å². The molecular weight excluding hydrogens is 515 g/mol. The highest BCUT2D eigenvalue weighted by Crippen LogP contribution is 2.38. The van der Waals surface area contributed by atoms with Crippen LogP contribution >= 0.6 is 34.4 Å². The summed E-state index contributed by atoms with van der Waals surface area (Å²) >= 11 is 4.31. The summed E-state index contributed by atoms with van der Waals surface area (Å²) < 4.78 is 6.65. The molecular formula is C26H29N3O4S3. The van der Waals surface area contributed by atoms with E-state index in [1.54, 1.807) is 22.0 Å². The third-order valence-corrected chi connectivity index (χ3v) is 10.1. The number of aryl methyl sites for hydroxylation is 3. The minimum absolute atomic E-state index is 0.0582. The second-order valence-electron chi connectivity index (χ2n) is 9.09. The molecule has 190 valence electrons. The van der Waals surface area contributed by atoms with Crippen LogP contribution in [-0.4, -0.2) is 34.3 Å². The first-order chi connectivity index (χ1) is 17.5. The molecule has 7 nitrogen and oxygen atoms in total. The van der Waals surface area contributed by atoms with Gasteiger partial charge in [-0.2, -0.15) is 0 Å². The van der Waals surface area contributed by atoms with Gasteiger partial charge in [0.05, 0.1) is 23.8 Å².